The SMILES string of the molecule is NC(N)=NC(=O)/C=C/c1ccccc1C(F)(F)F. The van der Waals surface area contributed by atoms with Gasteiger partial charge in [-0.1, -0.05) is 18.2 Å². The summed E-state index contributed by atoms with van der Waals surface area (Å²) in [4.78, 5) is 14.2. The van der Waals surface area contributed by atoms with E-state index in [1.54, 1.807) is 0 Å². The van der Waals surface area contributed by atoms with Gasteiger partial charge in [0.1, 0.15) is 0 Å². The molecular weight excluding hydrogens is 247 g/mol. The lowest BCUT2D eigenvalue weighted by Crippen LogP contribution is -2.23. The average Bonchev–Trinajstić information content (AvgIpc) is 2.24. The van der Waals surface area contributed by atoms with Crippen LogP contribution >= 0.6 is 0 Å². The summed E-state index contributed by atoms with van der Waals surface area (Å²) in [6.07, 6.45) is -2.61. The summed E-state index contributed by atoms with van der Waals surface area (Å²) in [7, 11) is 0. The highest BCUT2D eigenvalue weighted by molar-refractivity contribution is 5.99. The van der Waals surface area contributed by atoms with Gasteiger partial charge in [-0.05, 0) is 17.7 Å². The van der Waals surface area contributed by atoms with Crippen molar-refractivity contribution in [2.75, 3.05) is 0 Å². The number of halogens is 3. The minimum atomic E-state index is -4.49. The van der Waals surface area contributed by atoms with Crippen molar-refractivity contribution in [2.45, 2.75) is 6.18 Å². The van der Waals surface area contributed by atoms with Gasteiger partial charge in [0.25, 0.3) is 5.91 Å². The highest BCUT2D eigenvalue weighted by Gasteiger charge is 2.32. The number of rotatable bonds is 2. The van der Waals surface area contributed by atoms with Crippen LogP contribution in [-0.2, 0) is 11.0 Å². The number of amides is 1. The number of alkyl halides is 3. The fourth-order valence-corrected chi connectivity index (χ4v) is 1.23. The average molecular weight is 257 g/mol. The van der Waals surface area contributed by atoms with Crippen LogP contribution in [0.25, 0.3) is 6.08 Å². The van der Waals surface area contributed by atoms with Crippen LogP contribution in [0.2, 0.25) is 0 Å². The number of nitrogens with zero attached hydrogens (tertiary/aromatic N) is 1. The zero-order chi connectivity index (χ0) is 13.8. The molecule has 1 rings (SSSR count). The van der Waals surface area contributed by atoms with Crippen LogP contribution in [0.15, 0.2) is 35.3 Å². The first-order valence-electron chi connectivity index (χ1n) is 4.78. The molecule has 0 heterocycles. The number of benzene rings is 1. The molecule has 96 valence electrons. The Kier molecular flexibility index (Phi) is 4.09. The minimum absolute atomic E-state index is 0.135. The van der Waals surface area contributed by atoms with Crippen molar-refractivity contribution < 1.29 is 18.0 Å². The molecule has 0 aliphatic carbocycles. The third-order valence-electron chi connectivity index (χ3n) is 1.91. The maximum absolute atomic E-state index is 12.6. The van der Waals surface area contributed by atoms with Gasteiger partial charge >= 0.3 is 6.18 Å². The Labute approximate surface area is 101 Å². The molecule has 0 saturated carbocycles. The van der Waals surface area contributed by atoms with E-state index in [1.165, 1.54) is 18.2 Å². The largest absolute Gasteiger partial charge is 0.416 e. The monoisotopic (exact) mass is 257 g/mol. The van der Waals surface area contributed by atoms with E-state index in [0.29, 0.717) is 0 Å². The lowest BCUT2D eigenvalue weighted by molar-refractivity contribution is -0.137. The molecule has 0 radical (unpaired) electrons. The van der Waals surface area contributed by atoms with E-state index in [9.17, 15) is 18.0 Å². The maximum atomic E-state index is 12.6. The van der Waals surface area contributed by atoms with Gasteiger partial charge in [-0.25, -0.2) is 0 Å². The second-order valence-electron chi connectivity index (χ2n) is 3.29. The molecule has 1 amide bonds. The molecule has 0 spiro atoms. The van der Waals surface area contributed by atoms with Gasteiger partial charge in [-0.3, -0.25) is 4.79 Å². The summed E-state index contributed by atoms with van der Waals surface area (Å²) in [5.41, 5.74) is 8.94. The van der Waals surface area contributed by atoms with Crippen LogP contribution in [0, 0.1) is 0 Å². The quantitative estimate of drug-likeness (QED) is 0.478. The lowest BCUT2D eigenvalue weighted by Gasteiger charge is -2.09. The molecule has 1 aromatic rings. The van der Waals surface area contributed by atoms with E-state index >= 15 is 0 Å². The van der Waals surface area contributed by atoms with Crippen molar-refractivity contribution in [2.24, 2.45) is 16.5 Å². The Hall–Kier alpha value is -2.31. The summed E-state index contributed by atoms with van der Waals surface area (Å²) in [5.74, 6) is -1.28. The predicted molar refractivity (Wildman–Crippen MR) is 61.3 cm³/mol. The van der Waals surface area contributed by atoms with Crippen molar-refractivity contribution in [3.8, 4) is 0 Å². The lowest BCUT2D eigenvalue weighted by atomic mass is 10.1. The number of hydrogen-bond donors (Lipinski definition) is 2. The number of carbonyl (C=O) groups excluding carboxylic acids is 1. The second-order valence-corrected chi connectivity index (χ2v) is 3.29. The Bertz CT molecular complexity index is 503. The summed E-state index contributed by atoms with van der Waals surface area (Å²) < 4.78 is 37.8. The predicted octanol–water partition coefficient (Wildman–Crippen LogP) is 1.52. The first kappa shape index (κ1) is 13.8. The van der Waals surface area contributed by atoms with Crippen molar-refractivity contribution in [3.63, 3.8) is 0 Å². The molecule has 0 aliphatic rings. The number of carbonyl (C=O) groups is 1. The number of hydrogen-bond acceptors (Lipinski definition) is 1. The highest BCUT2D eigenvalue weighted by Crippen LogP contribution is 2.32. The molecule has 0 fully saturated rings. The summed E-state index contributed by atoms with van der Waals surface area (Å²) >= 11 is 0. The number of nitrogens with two attached hydrogens (primary N) is 2. The van der Waals surface area contributed by atoms with Crippen molar-refractivity contribution in [1.82, 2.24) is 0 Å². The summed E-state index contributed by atoms with van der Waals surface area (Å²) in [6, 6.07) is 4.85. The van der Waals surface area contributed by atoms with Crippen molar-refractivity contribution >= 4 is 17.9 Å². The van der Waals surface area contributed by atoms with Crippen LogP contribution < -0.4 is 11.5 Å². The van der Waals surface area contributed by atoms with E-state index in [0.717, 1.165) is 18.2 Å². The van der Waals surface area contributed by atoms with Gasteiger partial charge < -0.3 is 11.5 Å². The third-order valence-corrected chi connectivity index (χ3v) is 1.91. The van der Waals surface area contributed by atoms with E-state index in [4.69, 9.17) is 11.5 Å². The van der Waals surface area contributed by atoms with E-state index in [1.807, 2.05) is 0 Å². The third kappa shape index (κ3) is 3.93. The molecule has 4 N–H and O–H groups in total. The molecule has 0 saturated heterocycles. The van der Waals surface area contributed by atoms with Gasteiger partial charge in [0.2, 0.25) is 0 Å². The van der Waals surface area contributed by atoms with Crippen molar-refractivity contribution in [1.29, 1.82) is 0 Å². The summed E-state index contributed by atoms with van der Waals surface area (Å²) in [5, 5.41) is 0. The Morgan fingerprint density at radius 3 is 2.39 bits per heavy atom. The Morgan fingerprint density at radius 2 is 1.83 bits per heavy atom. The molecule has 0 bridgehead atoms. The van der Waals surface area contributed by atoms with Crippen LogP contribution in [0.4, 0.5) is 13.2 Å². The molecule has 0 aliphatic heterocycles. The van der Waals surface area contributed by atoms with Gasteiger partial charge in [-0.15, -0.1) is 0 Å². The van der Waals surface area contributed by atoms with E-state index in [-0.39, 0.29) is 5.56 Å². The Balaban J connectivity index is 3.02. The van der Waals surface area contributed by atoms with Gasteiger partial charge in [-0.2, -0.15) is 18.2 Å². The Morgan fingerprint density at radius 1 is 1.22 bits per heavy atom. The van der Waals surface area contributed by atoms with Gasteiger partial charge in [0, 0.05) is 6.08 Å². The topological polar surface area (TPSA) is 81.5 Å². The van der Waals surface area contributed by atoms with Crippen LogP contribution in [0.5, 0.6) is 0 Å². The van der Waals surface area contributed by atoms with Crippen LogP contribution in [0.3, 0.4) is 0 Å². The first-order chi connectivity index (χ1) is 8.30. The maximum Gasteiger partial charge on any atom is 0.416 e. The van der Waals surface area contributed by atoms with Crippen LogP contribution in [-0.4, -0.2) is 11.9 Å². The van der Waals surface area contributed by atoms with E-state index in [2.05, 4.69) is 4.99 Å². The second kappa shape index (κ2) is 5.35. The fourth-order valence-electron chi connectivity index (χ4n) is 1.23. The van der Waals surface area contributed by atoms with Gasteiger partial charge in [0.05, 0.1) is 5.56 Å². The number of guanidine groups is 1. The molecule has 0 atom stereocenters. The molecule has 1 aromatic carbocycles. The van der Waals surface area contributed by atoms with Gasteiger partial charge in [0.15, 0.2) is 5.96 Å². The minimum Gasteiger partial charge on any atom is -0.370 e. The molecule has 0 unspecified atom stereocenters. The van der Waals surface area contributed by atoms with Crippen LogP contribution in [0.1, 0.15) is 11.1 Å². The molecule has 0 aromatic heterocycles. The molecule has 4 nitrogen and oxygen atoms in total. The standard InChI is InChI=1S/C11H10F3N3O/c12-11(13,14)8-4-2-1-3-7(8)5-6-9(18)17-10(15)16/h1-6H,(H4,15,16,17,18)/b6-5+. The number of aliphatic imine (C=N–C) groups is 1. The smallest absolute Gasteiger partial charge is 0.370 e. The van der Waals surface area contributed by atoms with E-state index < -0.39 is 23.6 Å². The zero-order valence-electron chi connectivity index (χ0n) is 9.11. The molecule has 7 heteroatoms. The van der Waals surface area contributed by atoms with Crippen molar-refractivity contribution in [3.05, 3.63) is 41.5 Å². The zero-order valence-corrected chi connectivity index (χ0v) is 9.11. The first-order valence-corrected chi connectivity index (χ1v) is 4.78. The fraction of sp³-hybridized carbons (Fsp3) is 0.0909. The summed E-state index contributed by atoms with van der Waals surface area (Å²) in [6.45, 7) is 0. The highest BCUT2D eigenvalue weighted by atomic mass is 19.4. The molecular formula is C11H10F3N3O. The molecule has 18 heavy (non-hydrogen) atoms. The normalized spacial score (nSPS) is 11.5.